The summed E-state index contributed by atoms with van der Waals surface area (Å²) in [5.74, 6) is -1.22. The first-order valence-corrected chi connectivity index (χ1v) is 8.24. The fourth-order valence-electron chi connectivity index (χ4n) is 1.83. The fraction of sp³-hybridized carbons (Fsp3) is 0.562. The Kier molecular flexibility index (Phi) is 6.32. The molecule has 6 nitrogen and oxygen atoms in total. The van der Waals surface area contributed by atoms with E-state index < -0.39 is 5.97 Å². The van der Waals surface area contributed by atoms with Crippen molar-refractivity contribution >= 4 is 34.1 Å². The van der Waals surface area contributed by atoms with Crippen LogP contribution >= 0.6 is 11.3 Å². The normalized spacial score (nSPS) is 11.0. The van der Waals surface area contributed by atoms with Gasteiger partial charge in [-0.3, -0.25) is 9.59 Å². The van der Waals surface area contributed by atoms with Gasteiger partial charge in [0.1, 0.15) is 5.00 Å². The number of carbonyl (C=O) groups excluding carboxylic acids is 3. The lowest BCUT2D eigenvalue weighted by Crippen LogP contribution is -2.44. The number of hydrogen-bond acceptors (Lipinski definition) is 5. The van der Waals surface area contributed by atoms with Gasteiger partial charge in [-0.2, -0.15) is 0 Å². The van der Waals surface area contributed by atoms with Crippen LogP contribution < -0.4 is 10.6 Å². The summed E-state index contributed by atoms with van der Waals surface area (Å²) in [4.78, 5) is 36.3. The molecular formula is C16H24N2O4S. The van der Waals surface area contributed by atoms with Crippen LogP contribution in [0.1, 0.15) is 54.9 Å². The summed E-state index contributed by atoms with van der Waals surface area (Å²) in [5, 5.41) is 5.88. The van der Waals surface area contributed by atoms with Gasteiger partial charge in [0.15, 0.2) is 6.61 Å². The number of anilines is 1. The fourth-order valence-corrected chi connectivity index (χ4v) is 2.92. The SMILES string of the molecule is CCC(C)(C)NC(=O)COC(=O)c1c(NC(C)=O)sc(C)c1C. The van der Waals surface area contributed by atoms with Crippen molar-refractivity contribution in [2.45, 2.75) is 53.5 Å². The molecule has 0 spiro atoms. The molecule has 2 amide bonds. The Morgan fingerprint density at radius 1 is 1.22 bits per heavy atom. The van der Waals surface area contributed by atoms with E-state index in [4.69, 9.17) is 4.74 Å². The summed E-state index contributed by atoms with van der Waals surface area (Å²) in [6, 6.07) is 0. The Morgan fingerprint density at radius 3 is 2.35 bits per heavy atom. The van der Waals surface area contributed by atoms with Crippen molar-refractivity contribution in [1.82, 2.24) is 5.32 Å². The molecule has 2 N–H and O–H groups in total. The maximum absolute atomic E-state index is 12.3. The summed E-state index contributed by atoms with van der Waals surface area (Å²) in [6.07, 6.45) is 0.766. The third-order valence-electron chi connectivity index (χ3n) is 3.58. The van der Waals surface area contributed by atoms with E-state index in [1.165, 1.54) is 18.3 Å². The third kappa shape index (κ3) is 5.35. The second kappa shape index (κ2) is 7.59. The number of carbonyl (C=O) groups is 3. The van der Waals surface area contributed by atoms with E-state index >= 15 is 0 Å². The molecule has 1 heterocycles. The van der Waals surface area contributed by atoms with Gasteiger partial charge in [-0.15, -0.1) is 11.3 Å². The van der Waals surface area contributed by atoms with Crippen LogP contribution in [0.3, 0.4) is 0 Å². The van der Waals surface area contributed by atoms with Crippen LogP contribution in [-0.2, 0) is 14.3 Å². The Balaban J connectivity index is 2.79. The van der Waals surface area contributed by atoms with Crippen molar-refractivity contribution in [2.24, 2.45) is 0 Å². The first kappa shape index (κ1) is 19.2. The second-order valence-electron chi connectivity index (χ2n) is 6.03. The van der Waals surface area contributed by atoms with E-state index in [-0.39, 0.29) is 24.0 Å². The lowest BCUT2D eigenvalue weighted by Gasteiger charge is -2.24. The number of thiophene rings is 1. The molecule has 1 rings (SSSR count). The van der Waals surface area contributed by atoms with E-state index in [0.29, 0.717) is 10.6 Å². The summed E-state index contributed by atoms with van der Waals surface area (Å²) in [6.45, 7) is 10.4. The zero-order chi connectivity index (χ0) is 17.8. The average molecular weight is 340 g/mol. The van der Waals surface area contributed by atoms with Crippen LogP contribution in [0.5, 0.6) is 0 Å². The van der Waals surface area contributed by atoms with Gasteiger partial charge in [0, 0.05) is 17.3 Å². The maximum Gasteiger partial charge on any atom is 0.341 e. The molecule has 0 saturated carbocycles. The number of hydrogen-bond donors (Lipinski definition) is 2. The Bertz CT molecular complexity index is 620. The number of nitrogens with one attached hydrogen (secondary N) is 2. The Hall–Kier alpha value is -1.89. The van der Waals surface area contributed by atoms with Gasteiger partial charge in [0.25, 0.3) is 5.91 Å². The molecule has 0 atom stereocenters. The van der Waals surface area contributed by atoms with Gasteiger partial charge in [-0.05, 0) is 39.7 Å². The summed E-state index contributed by atoms with van der Waals surface area (Å²) < 4.78 is 5.10. The zero-order valence-corrected chi connectivity index (χ0v) is 15.3. The molecule has 0 saturated heterocycles. The molecular weight excluding hydrogens is 316 g/mol. The molecule has 7 heteroatoms. The minimum absolute atomic E-state index is 0.261. The predicted octanol–water partition coefficient (Wildman–Crippen LogP) is 2.78. The number of esters is 1. The molecule has 0 aliphatic heterocycles. The van der Waals surface area contributed by atoms with E-state index in [0.717, 1.165) is 16.9 Å². The van der Waals surface area contributed by atoms with Crippen LogP contribution in [0.15, 0.2) is 0 Å². The molecule has 0 aromatic carbocycles. The van der Waals surface area contributed by atoms with Gasteiger partial charge < -0.3 is 15.4 Å². The third-order valence-corrected chi connectivity index (χ3v) is 4.70. The highest BCUT2D eigenvalue weighted by Crippen LogP contribution is 2.32. The van der Waals surface area contributed by atoms with E-state index in [1.807, 2.05) is 27.7 Å². The lowest BCUT2D eigenvalue weighted by atomic mass is 10.0. The lowest BCUT2D eigenvalue weighted by molar-refractivity contribution is -0.125. The number of ether oxygens (including phenoxy) is 1. The highest BCUT2D eigenvalue weighted by Gasteiger charge is 2.23. The van der Waals surface area contributed by atoms with Crippen molar-refractivity contribution in [3.8, 4) is 0 Å². The van der Waals surface area contributed by atoms with Crippen molar-refractivity contribution in [3.63, 3.8) is 0 Å². The van der Waals surface area contributed by atoms with Crippen LogP contribution in [0.25, 0.3) is 0 Å². The molecule has 0 bridgehead atoms. The molecule has 1 aromatic heterocycles. The first-order chi connectivity index (χ1) is 10.6. The summed E-state index contributed by atoms with van der Waals surface area (Å²) >= 11 is 1.31. The predicted molar refractivity (Wildman–Crippen MR) is 90.9 cm³/mol. The van der Waals surface area contributed by atoms with Crippen LogP contribution in [-0.4, -0.2) is 29.9 Å². The van der Waals surface area contributed by atoms with Crippen molar-refractivity contribution in [3.05, 3.63) is 16.0 Å². The van der Waals surface area contributed by atoms with Crippen LogP contribution in [0.2, 0.25) is 0 Å². The molecule has 0 aliphatic rings. The van der Waals surface area contributed by atoms with Gasteiger partial charge in [-0.25, -0.2) is 4.79 Å². The minimum Gasteiger partial charge on any atom is -0.452 e. The minimum atomic E-state index is -0.611. The van der Waals surface area contributed by atoms with Gasteiger partial charge in [-0.1, -0.05) is 6.92 Å². The standard InChI is InChI=1S/C16H24N2O4S/c1-7-16(5,6)18-12(20)8-22-15(21)13-9(2)10(3)23-14(13)17-11(4)19/h7-8H2,1-6H3,(H,17,19)(H,18,20). The van der Waals surface area contributed by atoms with E-state index in [1.54, 1.807) is 6.92 Å². The molecule has 128 valence electrons. The van der Waals surface area contributed by atoms with Crippen molar-refractivity contribution in [1.29, 1.82) is 0 Å². The van der Waals surface area contributed by atoms with E-state index in [9.17, 15) is 14.4 Å². The monoisotopic (exact) mass is 340 g/mol. The molecule has 0 radical (unpaired) electrons. The zero-order valence-electron chi connectivity index (χ0n) is 14.5. The van der Waals surface area contributed by atoms with Crippen molar-refractivity contribution < 1.29 is 19.1 Å². The van der Waals surface area contributed by atoms with Gasteiger partial charge in [0.2, 0.25) is 5.91 Å². The first-order valence-electron chi connectivity index (χ1n) is 7.43. The summed E-state index contributed by atoms with van der Waals surface area (Å²) in [7, 11) is 0. The molecule has 0 aliphatic carbocycles. The number of aryl methyl sites for hydroxylation is 1. The quantitative estimate of drug-likeness (QED) is 0.780. The summed E-state index contributed by atoms with van der Waals surface area (Å²) in [5.41, 5.74) is 0.711. The number of amides is 2. The van der Waals surface area contributed by atoms with Crippen LogP contribution in [0, 0.1) is 13.8 Å². The topological polar surface area (TPSA) is 84.5 Å². The highest BCUT2D eigenvalue weighted by molar-refractivity contribution is 7.16. The molecule has 1 aromatic rings. The smallest absolute Gasteiger partial charge is 0.341 e. The van der Waals surface area contributed by atoms with Crippen LogP contribution in [0.4, 0.5) is 5.00 Å². The van der Waals surface area contributed by atoms with Crippen molar-refractivity contribution in [2.75, 3.05) is 11.9 Å². The average Bonchev–Trinajstić information content (AvgIpc) is 2.70. The maximum atomic E-state index is 12.3. The largest absolute Gasteiger partial charge is 0.452 e. The highest BCUT2D eigenvalue weighted by atomic mass is 32.1. The van der Waals surface area contributed by atoms with Gasteiger partial charge >= 0.3 is 5.97 Å². The molecule has 0 fully saturated rings. The molecule has 23 heavy (non-hydrogen) atoms. The Labute approximate surface area is 140 Å². The van der Waals surface area contributed by atoms with Gasteiger partial charge in [0.05, 0.1) is 5.56 Å². The second-order valence-corrected chi connectivity index (χ2v) is 7.26. The van der Waals surface area contributed by atoms with E-state index in [2.05, 4.69) is 10.6 Å². The number of rotatable bonds is 6. The Morgan fingerprint density at radius 2 is 1.83 bits per heavy atom. The molecule has 0 unspecified atom stereocenters.